The first-order valence-corrected chi connectivity index (χ1v) is 8.12. The van der Waals surface area contributed by atoms with Gasteiger partial charge < -0.3 is 4.42 Å². The van der Waals surface area contributed by atoms with E-state index in [2.05, 4.69) is 61.5 Å². The molecule has 0 saturated heterocycles. The fourth-order valence-corrected chi connectivity index (χ4v) is 2.75. The van der Waals surface area contributed by atoms with Gasteiger partial charge in [-0.3, -0.25) is 0 Å². The first-order valence-electron chi connectivity index (χ1n) is 8.12. The SMILES string of the molecule is CCCCCc1cc(-c2ccccc2)c(-c2ccccc2)o1. The van der Waals surface area contributed by atoms with Crippen LogP contribution in [0.4, 0.5) is 0 Å². The van der Waals surface area contributed by atoms with Crippen LogP contribution < -0.4 is 0 Å². The minimum Gasteiger partial charge on any atom is -0.460 e. The minimum atomic E-state index is 0.985. The first-order chi connectivity index (χ1) is 10.9. The summed E-state index contributed by atoms with van der Waals surface area (Å²) in [7, 11) is 0. The average molecular weight is 290 g/mol. The Labute approximate surface area is 132 Å². The second-order valence-corrected chi connectivity index (χ2v) is 5.64. The molecule has 0 spiro atoms. The number of aryl methyl sites for hydroxylation is 1. The number of furan rings is 1. The van der Waals surface area contributed by atoms with Crippen molar-refractivity contribution in [2.24, 2.45) is 0 Å². The monoisotopic (exact) mass is 290 g/mol. The molecule has 1 heterocycles. The van der Waals surface area contributed by atoms with Crippen molar-refractivity contribution >= 4 is 0 Å². The number of benzene rings is 2. The lowest BCUT2D eigenvalue weighted by atomic mass is 10.0. The van der Waals surface area contributed by atoms with Gasteiger partial charge in [0, 0.05) is 17.5 Å². The smallest absolute Gasteiger partial charge is 0.142 e. The highest BCUT2D eigenvalue weighted by Crippen LogP contribution is 2.35. The topological polar surface area (TPSA) is 13.1 Å². The van der Waals surface area contributed by atoms with Gasteiger partial charge in [0.1, 0.15) is 11.5 Å². The molecule has 2 aromatic carbocycles. The Bertz CT molecular complexity index is 638. The summed E-state index contributed by atoms with van der Waals surface area (Å²) in [5, 5.41) is 0. The number of unbranched alkanes of at least 4 members (excludes halogenated alkanes) is 2. The predicted molar refractivity (Wildman–Crippen MR) is 92.8 cm³/mol. The van der Waals surface area contributed by atoms with Crippen molar-refractivity contribution in [2.45, 2.75) is 32.6 Å². The van der Waals surface area contributed by atoms with E-state index in [1.165, 1.54) is 30.4 Å². The van der Waals surface area contributed by atoms with E-state index in [1.54, 1.807) is 0 Å². The summed E-state index contributed by atoms with van der Waals surface area (Å²) in [6, 6.07) is 23.1. The molecule has 0 N–H and O–H groups in total. The van der Waals surface area contributed by atoms with Gasteiger partial charge in [0.05, 0.1) is 0 Å². The van der Waals surface area contributed by atoms with Crippen LogP contribution in [-0.2, 0) is 6.42 Å². The Hall–Kier alpha value is -2.28. The summed E-state index contributed by atoms with van der Waals surface area (Å²) < 4.78 is 6.20. The fourth-order valence-electron chi connectivity index (χ4n) is 2.75. The Balaban J connectivity index is 1.99. The zero-order valence-corrected chi connectivity index (χ0v) is 13.1. The Kier molecular flexibility index (Phi) is 4.75. The third-order valence-electron chi connectivity index (χ3n) is 3.93. The molecule has 22 heavy (non-hydrogen) atoms. The van der Waals surface area contributed by atoms with Gasteiger partial charge in [-0.1, -0.05) is 80.4 Å². The van der Waals surface area contributed by atoms with E-state index < -0.39 is 0 Å². The molecule has 1 aromatic heterocycles. The standard InChI is InChI=1S/C21H22O/c1-2-3-6-15-19-16-20(17-11-7-4-8-12-17)21(22-19)18-13-9-5-10-14-18/h4-5,7-14,16H,2-3,6,15H2,1H3. The summed E-state index contributed by atoms with van der Waals surface area (Å²) in [5.41, 5.74) is 3.55. The van der Waals surface area contributed by atoms with Crippen molar-refractivity contribution in [3.05, 3.63) is 72.5 Å². The van der Waals surface area contributed by atoms with Crippen molar-refractivity contribution in [3.8, 4) is 22.5 Å². The third kappa shape index (κ3) is 3.30. The second-order valence-electron chi connectivity index (χ2n) is 5.64. The van der Waals surface area contributed by atoms with E-state index in [9.17, 15) is 0 Å². The zero-order valence-electron chi connectivity index (χ0n) is 13.1. The maximum atomic E-state index is 6.20. The number of rotatable bonds is 6. The Morgan fingerprint density at radius 1 is 0.773 bits per heavy atom. The van der Waals surface area contributed by atoms with Crippen LogP contribution in [0.25, 0.3) is 22.5 Å². The normalized spacial score (nSPS) is 10.8. The summed E-state index contributed by atoms with van der Waals surface area (Å²) >= 11 is 0. The Morgan fingerprint density at radius 2 is 1.41 bits per heavy atom. The molecule has 0 aliphatic rings. The van der Waals surface area contributed by atoms with Gasteiger partial charge in [0.2, 0.25) is 0 Å². The highest BCUT2D eigenvalue weighted by molar-refractivity contribution is 5.80. The van der Waals surface area contributed by atoms with Gasteiger partial charge in [-0.05, 0) is 18.1 Å². The van der Waals surface area contributed by atoms with Crippen LogP contribution >= 0.6 is 0 Å². The van der Waals surface area contributed by atoms with Gasteiger partial charge in [0.15, 0.2) is 0 Å². The minimum absolute atomic E-state index is 0.985. The summed E-state index contributed by atoms with van der Waals surface area (Å²) in [4.78, 5) is 0. The second kappa shape index (κ2) is 7.13. The van der Waals surface area contributed by atoms with Crippen LogP contribution in [0, 0.1) is 0 Å². The summed E-state index contributed by atoms with van der Waals surface area (Å²) in [5.74, 6) is 2.07. The molecule has 3 rings (SSSR count). The molecule has 0 unspecified atom stereocenters. The maximum Gasteiger partial charge on any atom is 0.142 e. The largest absolute Gasteiger partial charge is 0.460 e. The zero-order chi connectivity index (χ0) is 15.2. The van der Waals surface area contributed by atoms with Crippen LogP contribution in [0.5, 0.6) is 0 Å². The van der Waals surface area contributed by atoms with Crippen LogP contribution in [0.2, 0.25) is 0 Å². The van der Waals surface area contributed by atoms with Crippen molar-refractivity contribution < 1.29 is 4.42 Å². The quantitative estimate of drug-likeness (QED) is 0.482. The van der Waals surface area contributed by atoms with Crippen LogP contribution in [0.1, 0.15) is 31.9 Å². The molecule has 1 nitrogen and oxygen atoms in total. The van der Waals surface area contributed by atoms with Gasteiger partial charge in [-0.2, -0.15) is 0 Å². The maximum absolute atomic E-state index is 6.20. The highest BCUT2D eigenvalue weighted by atomic mass is 16.3. The molecule has 3 aromatic rings. The number of hydrogen-bond acceptors (Lipinski definition) is 1. The van der Waals surface area contributed by atoms with E-state index >= 15 is 0 Å². The fraction of sp³-hybridized carbons (Fsp3) is 0.238. The van der Waals surface area contributed by atoms with Gasteiger partial charge in [0.25, 0.3) is 0 Å². The summed E-state index contributed by atoms with van der Waals surface area (Å²) in [6.07, 6.45) is 4.69. The molecular formula is C21H22O. The van der Waals surface area contributed by atoms with Crippen molar-refractivity contribution in [2.75, 3.05) is 0 Å². The van der Waals surface area contributed by atoms with Crippen molar-refractivity contribution in [1.82, 2.24) is 0 Å². The van der Waals surface area contributed by atoms with Gasteiger partial charge in [-0.25, -0.2) is 0 Å². The van der Waals surface area contributed by atoms with E-state index in [4.69, 9.17) is 4.42 Å². The Morgan fingerprint density at radius 3 is 2.05 bits per heavy atom. The number of hydrogen-bond donors (Lipinski definition) is 0. The molecule has 112 valence electrons. The average Bonchev–Trinajstić information content (AvgIpc) is 3.01. The molecule has 0 saturated carbocycles. The van der Waals surface area contributed by atoms with Crippen molar-refractivity contribution in [1.29, 1.82) is 0 Å². The molecule has 0 aliphatic heterocycles. The lowest BCUT2D eigenvalue weighted by Crippen LogP contribution is -1.81. The first kappa shape index (κ1) is 14.6. The molecule has 0 fully saturated rings. The predicted octanol–water partition coefficient (Wildman–Crippen LogP) is 6.35. The van der Waals surface area contributed by atoms with E-state index in [0.717, 1.165) is 23.5 Å². The van der Waals surface area contributed by atoms with E-state index in [0.29, 0.717) is 0 Å². The van der Waals surface area contributed by atoms with E-state index in [-0.39, 0.29) is 0 Å². The molecule has 0 aliphatic carbocycles. The molecule has 0 amide bonds. The highest BCUT2D eigenvalue weighted by Gasteiger charge is 2.14. The van der Waals surface area contributed by atoms with Crippen LogP contribution in [0.15, 0.2) is 71.1 Å². The lowest BCUT2D eigenvalue weighted by molar-refractivity contribution is 0.509. The van der Waals surface area contributed by atoms with Crippen molar-refractivity contribution in [3.63, 3.8) is 0 Å². The molecular weight excluding hydrogens is 268 g/mol. The third-order valence-corrected chi connectivity index (χ3v) is 3.93. The molecule has 1 heteroatoms. The van der Waals surface area contributed by atoms with E-state index in [1.807, 2.05) is 12.1 Å². The molecule has 0 radical (unpaired) electrons. The molecule has 0 atom stereocenters. The van der Waals surface area contributed by atoms with Gasteiger partial charge >= 0.3 is 0 Å². The van der Waals surface area contributed by atoms with Crippen LogP contribution in [-0.4, -0.2) is 0 Å². The summed E-state index contributed by atoms with van der Waals surface area (Å²) in [6.45, 7) is 2.23. The van der Waals surface area contributed by atoms with Crippen LogP contribution in [0.3, 0.4) is 0 Å². The van der Waals surface area contributed by atoms with Gasteiger partial charge in [-0.15, -0.1) is 0 Å². The molecule has 0 bridgehead atoms. The lowest BCUT2D eigenvalue weighted by Gasteiger charge is -2.02.